The van der Waals surface area contributed by atoms with Gasteiger partial charge in [0.05, 0.1) is 17.6 Å². The molecular weight excluding hydrogens is 202 g/mol. The molecule has 0 radical (unpaired) electrons. The van der Waals surface area contributed by atoms with Gasteiger partial charge < -0.3 is 10.1 Å². The molecule has 0 bridgehead atoms. The molecule has 4 nitrogen and oxygen atoms in total. The van der Waals surface area contributed by atoms with Crippen molar-refractivity contribution in [2.24, 2.45) is 0 Å². The number of sulfone groups is 1. The highest BCUT2D eigenvalue weighted by Crippen LogP contribution is 1.98. The van der Waals surface area contributed by atoms with Crippen molar-refractivity contribution in [2.45, 2.75) is 26.0 Å². The minimum atomic E-state index is -2.89. The van der Waals surface area contributed by atoms with Crippen LogP contribution in [0.1, 0.15) is 20.8 Å². The lowest BCUT2D eigenvalue weighted by Crippen LogP contribution is -2.29. The van der Waals surface area contributed by atoms with Crippen molar-refractivity contribution in [3.63, 3.8) is 0 Å². The van der Waals surface area contributed by atoms with Crippen molar-refractivity contribution in [1.82, 2.24) is 5.32 Å². The number of rotatable bonds is 8. The molecule has 0 heterocycles. The van der Waals surface area contributed by atoms with E-state index in [0.717, 1.165) is 0 Å². The molecule has 0 aromatic rings. The number of hydrogen-bond acceptors (Lipinski definition) is 4. The maximum Gasteiger partial charge on any atom is 0.153 e. The maximum absolute atomic E-state index is 11.3. The number of nitrogens with one attached hydrogen (secondary N) is 1. The van der Waals surface area contributed by atoms with Gasteiger partial charge in [0, 0.05) is 19.7 Å². The molecule has 0 aliphatic rings. The average Bonchev–Trinajstić information content (AvgIpc) is 2.10. The highest BCUT2D eigenvalue weighted by Gasteiger charge is 2.14. The van der Waals surface area contributed by atoms with Gasteiger partial charge in [-0.2, -0.15) is 0 Å². The SMILES string of the molecule is CCOCCNCCS(=O)(=O)C(C)C. The summed E-state index contributed by atoms with van der Waals surface area (Å²) in [6, 6.07) is 0. The molecule has 0 saturated carbocycles. The molecule has 0 atom stereocenters. The van der Waals surface area contributed by atoms with E-state index in [9.17, 15) is 8.42 Å². The zero-order valence-electron chi connectivity index (χ0n) is 9.25. The van der Waals surface area contributed by atoms with Gasteiger partial charge in [-0.25, -0.2) is 8.42 Å². The predicted octanol–water partition coefficient (Wildman–Crippen LogP) is 0.436. The van der Waals surface area contributed by atoms with Gasteiger partial charge in [0.2, 0.25) is 0 Å². The number of hydrogen-bond donors (Lipinski definition) is 1. The topological polar surface area (TPSA) is 55.4 Å². The van der Waals surface area contributed by atoms with E-state index in [2.05, 4.69) is 5.32 Å². The van der Waals surface area contributed by atoms with Crippen molar-refractivity contribution in [2.75, 3.05) is 32.1 Å². The summed E-state index contributed by atoms with van der Waals surface area (Å²) in [5.74, 6) is 0.205. The summed E-state index contributed by atoms with van der Waals surface area (Å²) in [6.45, 7) is 7.90. The van der Waals surface area contributed by atoms with Gasteiger partial charge in [-0.15, -0.1) is 0 Å². The van der Waals surface area contributed by atoms with Gasteiger partial charge in [0.25, 0.3) is 0 Å². The minimum Gasteiger partial charge on any atom is -0.380 e. The molecule has 0 saturated heterocycles. The second kappa shape index (κ2) is 7.20. The normalized spacial score (nSPS) is 12.3. The Bertz CT molecular complexity index is 224. The third kappa shape index (κ3) is 6.34. The second-order valence-corrected chi connectivity index (χ2v) is 6.04. The first kappa shape index (κ1) is 13.9. The number of ether oxygens (including phenoxy) is 1. The van der Waals surface area contributed by atoms with Gasteiger partial charge in [-0.05, 0) is 20.8 Å². The van der Waals surface area contributed by atoms with Crippen molar-refractivity contribution in [1.29, 1.82) is 0 Å². The van der Waals surface area contributed by atoms with E-state index in [1.165, 1.54) is 0 Å². The second-order valence-electron chi connectivity index (χ2n) is 3.36. The van der Waals surface area contributed by atoms with Crippen LogP contribution in [0.5, 0.6) is 0 Å². The largest absolute Gasteiger partial charge is 0.380 e. The summed E-state index contributed by atoms with van der Waals surface area (Å²) in [5, 5.41) is 2.75. The van der Waals surface area contributed by atoms with Crippen LogP contribution in [0, 0.1) is 0 Å². The van der Waals surface area contributed by atoms with Crippen LogP contribution in [-0.4, -0.2) is 45.7 Å². The molecule has 0 rings (SSSR count). The van der Waals surface area contributed by atoms with E-state index in [-0.39, 0.29) is 11.0 Å². The van der Waals surface area contributed by atoms with Crippen LogP contribution < -0.4 is 5.32 Å². The van der Waals surface area contributed by atoms with Crippen LogP contribution in [0.15, 0.2) is 0 Å². The summed E-state index contributed by atoms with van der Waals surface area (Å²) in [6.07, 6.45) is 0. The van der Waals surface area contributed by atoms with E-state index in [4.69, 9.17) is 4.74 Å². The van der Waals surface area contributed by atoms with Gasteiger partial charge in [-0.1, -0.05) is 0 Å². The summed E-state index contributed by atoms with van der Waals surface area (Å²) in [5.41, 5.74) is 0. The van der Waals surface area contributed by atoms with Gasteiger partial charge >= 0.3 is 0 Å². The van der Waals surface area contributed by atoms with Gasteiger partial charge in [-0.3, -0.25) is 0 Å². The van der Waals surface area contributed by atoms with Crippen molar-refractivity contribution in [3.05, 3.63) is 0 Å². The first-order valence-corrected chi connectivity index (χ1v) is 6.72. The van der Waals surface area contributed by atoms with E-state index in [1.807, 2.05) is 6.92 Å². The standard InChI is InChI=1S/C9H21NO3S/c1-4-13-7-5-10-6-8-14(11,12)9(2)3/h9-10H,4-8H2,1-3H3. The Morgan fingerprint density at radius 2 is 1.93 bits per heavy atom. The lowest BCUT2D eigenvalue weighted by Gasteiger charge is -2.08. The molecule has 0 aliphatic carbocycles. The Morgan fingerprint density at radius 3 is 2.43 bits per heavy atom. The lowest BCUT2D eigenvalue weighted by molar-refractivity contribution is 0.150. The van der Waals surface area contributed by atoms with E-state index in [0.29, 0.717) is 26.3 Å². The fourth-order valence-electron chi connectivity index (χ4n) is 0.864. The van der Waals surface area contributed by atoms with Crippen molar-refractivity contribution < 1.29 is 13.2 Å². The monoisotopic (exact) mass is 223 g/mol. The summed E-state index contributed by atoms with van der Waals surface area (Å²) in [4.78, 5) is 0. The fourth-order valence-corrected chi connectivity index (χ4v) is 1.76. The molecule has 14 heavy (non-hydrogen) atoms. The summed E-state index contributed by atoms with van der Waals surface area (Å²) in [7, 11) is -2.89. The van der Waals surface area contributed by atoms with Crippen LogP contribution in [0.25, 0.3) is 0 Å². The maximum atomic E-state index is 11.3. The molecule has 5 heteroatoms. The minimum absolute atomic E-state index is 0.205. The molecule has 1 N–H and O–H groups in total. The molecule has 0 unspecified atom stereocenters. The Morgan fingerprint density at radius 1 is 1.29 bits per heavy atom. The molecule has 86 valence electrons. The predicted molar refractivity (Wildman–Crippen MR) is 58.3 cm³/mol. The van der Waals surface area contributed by atoms with Gasteiger partial charge in [0.1, 0.15) is 0 Å². The Kier molecular flexibility index (Phi) is 7.13. The highest BCUT2D eigenvalue weighted by atomic mass is 32.2. The quantitative estimate of drug-likeness (QED) is 0.607. The van der Waals surface area contributed by atoms with Crippen LogP contribution in [-0.2, 0) is 14.6 Å². The van der Waals surface area contributed by atoms with Crippen LogP contribution in [0.4, 0.5) is 0 Å². The molecule has 0 aromatic carbocycles. The van der Waals surface area contributed by atoms with E-state index < -0.39 is 9.84 Å². The zero-order chi connectivity index (χ0) is 11.0. The Balaban J connectivity index is 3.46. The molecule has 0 aliphatic heterocycles. The van der Waals surface area contributed by atoms with Crippen LogP contribution in [0.2, 0.25) is 0 Å². The molecule has 0 spiro atoms. The molecule has 0 fully saturated rings. The molecule has 0 aromatic heterocycles. The van der Waals surface area contributed by atoms with E-state index in [1.54, 1.807) is 13.8 Å². The highest BCUT2D eigenvalue weighted by molar-refractivity contribution is 7.92. The fraction of sp³-hybridized carbons (Fsp3) is 1.00. The van der Waals surface area contributed by atoms with Crippen LogP contribution in [0.3, 0.4) is 0 Å². The van der Waals surface area contributed by atoms with Gasteiger partial charge in [0.15, 0.2) is 9.84 Å². The van der Waals surface area contributed by atoms with Crippen molar-refractivity contribution >= 4 is 9.84 Å². The van der Waals surface area contributed by atoms with Crippen LogP contribution >= 0.6 is 0 Å². The lowest BCUT2D eigenvalue weighted by atomic mass is 10.6. The Labute approximate surface area is 86.9 Å². The Hall–Kier alpha value is -0.130. The molecular formula is C9H21NO3S. The first-order valence-electron chi connectivity index (χ1n) is 5.00. The van der Waals surface area contributed by atoms with Crippen molar-refractivity contribution in [3.8, 4) is 0 Å². The van der Waals surface area contributed by atoms with E-state index >= 15 is 0 Å². The first-order chi connectivity index (χ1) is 6.50. The third-order valence-corrected chi connectivity index (χ3v) is 4.12. The smallest absolute Gasteiger partial charge is 0.153 e. The average molecular weight is 223 g/mol. The summed E-state index contributed by atoms with van der Waals surface area (Å²) >= 11 is 0. The summed E-state index contributed by atoms with van der Waals surface area (Å²) < 4.78 is 27.8. The zero-order valence-corrected chi connectivity index (χ0v) is 10.1. The molecule has 0 amide bonds. The third-order valence-electron chi connectivity index (χ3n) is 1.91.